The maximum Gasteiger partial charge on any atom is 0.174 e. The maximum atomic E-state index is 9.13. The number of nitrogens with zero attached hydrogens (tertiary/aromatic N) is 4. The van der Waals surface area contributed by atoms with E-state index in [9.17, 15) is 0 Å². The molecular weight excluding hydrogens is 266 g/mol. The van der Waals surface area contributed by atoms with Crippen molar-refractivity contribution in [2.45, 2.75) is 46.5 Å². The van der Waals surface area contributed by atoms with Crippen molar-refractivity contribution >= 4 is 11.7 Å². The number of aromatic nitrogens is 2. The predicted octanol–water partition coefficient (Wildman–Crippen LogP) is 1.93. The Morgan fingerprint density at radius 2 is 2.10 bits per heavy atom. The largest absolute Gasteiger partial charge is 0.409 e. The summed E-state index contributed by atoms with van der Waals surface area (Å²) in [5.74, 6) is 1.57. The molecule has 1 fully saturated rings. The van der Waals surface area contributed by atoms with Gasteiger partial charge in [0.25, 0.3) is 0 Å². The molecule has 2 rings (SSSR count). The Labute approximate surface area is 126 Å². The van der Waals surface area contributed by atoms with Gasteiger partial charge in [0.15, 0.2) is 11.7 Å². The Morgan fingerprint density at radius 3 is 2.62 bits per heavy atom. The van der Waals surface area contributed by atoms with Crippen molar-refractivity contribution in [2.24, 2.45) is 16.8 Å². The molecule has 1 unspecified atom stereocenters. The monoisotopic (exact) mass is 291 g/mol. The lowest BCUT2D eigenvalue weighted by molar-refractivity contribution is 0.318. The molecule has 0 amide bonds. The third-order valence-corrected chi connectivity index (χ3v) is 4.35. The van der Waals surface area contributed by atoms with E-state index in [1.54, 1.807) is 0 Å². The van der Waals surface area contributed by atoms with Gasteiger partial charge in [-0.25, -0.2) is 0 Å². The normalized spacial score (nSPS) is 19.3. The second kappa shape index (κ2) is 6.74. The van der Waals surface area contributed by atoms with Crippen molar-refractivity contribution in [3.8, 4) is 0 Å². The molecule has 116 valence electrons. The molecule has 6 heteroatoms. The minimum atomic E-state index is 0.131. The summed E-state index contributed by atoms with van der Waals surface area (Å²) in [7, 11) is 0. The first-order valence-electron chi connectivity index (χ1n) is 7.77. The fourth-order valence-corrected chi connectivity index (χ4v) is 3.06. The average Bonchev–Trinajstić information content (AvgIpc) is 3.01. The second-order valence-electron chi connectivity index (χ2n) is 5.53. The summed E-state index contributed by atoms with van der Waals surface area (Å²) in [4.78, 5) is 2.22. The summed E-state index contributed by atoms with van der Waals surface area (Å²) in [5, 5.41) is 21.1. The van der Waals surface area contributed by atoms with E-state index in [1.807, 2.05) is 6.92 Å². The van der Waals surface area contributed by atoms with Crippen LogP contribution in [0.2, 0.25) is 0 Å². The number of anilines is 1. The average molecular weight is 291 g/mol. The summed E-state index contributed by atoms with van der Waals surface area (Å²) in [6, 6.07) is 0. The van der Waals surface area contributed by atoms with Crippen LogP contribution in [-0.2, 0) is 12.8 Å². The number of amidine groups is 1. The number of hydrogen-bond acceptors (Lipinski definition) is 5. The van der Waals surface area contributed by atoms with Crippen LogP contribution in [0.4, 0.5) is 5.82 Å². The highest BCUT2D eigenvalue weighted by molar-refractivity contribution is 6.03. The first-order chi connectivity index (χ1) is 10.2. The van der Waals surface area contributed by atoms with Crippen LogP contribution >= 0.6 is 0 Å². The van der Waals surface area contributed by atoms with E-state index in [2.05, 4.69) is 34.1 Å². The Hall–Kier alpha value is -1.85. The van der Waals surface area contributed by atoms with Crippen LogP contribution in [0.1, 0.15) is 50.4 Å². The lowest BCUT2D eigenvalue weighted by atomic mass is 10.0. The van der Waals surface area contributed by atoms with Gasteiger partial charge in [-0.1, -0.05) is 32.3 Å². The van der Waals surface area contributed by atoms with Gasteiger partial charge in [0.2, 0.25) is 0 Å². The summed E-state index contributed by atoms with van der Waals surface area (Å²) in [5.41, 5.74) is 8.65. The van der Waals surface area contributed by atoms with Gasteiger partial charge in [0.05, 0.1) is 11.3 Å². The molecule has 1 atom stereocenters. The highest BCUT2D eigenvalue weighted by atomic mass is 16.4. The lowest BCUT2D eigenvalue weighted by Gasteiger charge is -2.22. The van der Waals surface area contributed by atoms with Gasteiger partial charge in [0, 0.05) is 13.1 Å². The standard InChI is InChI=1S/C15H25N5O/c1-4-10-7-8-20(9-10)15-13(14(16)19-21)11(5-2)12(6-3)17-18-15/h10,21H,4-9H2,1-3H3,(H2,16,19). The smallest absolute Gasteiger partial charge is 0.174 e. The Morgan fingerprint density at radius 1 is 1.33 bits per heavy atom. The topological polar surface area (TPSA) is 87.6 Å². The minimum Gasteiger partial charge on any atom is -0.409 e. The van der Waals surface area contributed by atoms with E-state index in [1.165, 1.54) is 0 Å². The molecule has 1 aliphatic heterocycles. The lowest BCUT2D eigenvalue weighted by Crippen LogP contribution is -2.28. The SMILES string of the molecule is CCc1nnc(N2CCC(CC)C2)c(C(N)=NO)c1CC. The molecule has 0 bridgehead atoms. The summed E-state index contributed by atoms with van der Waals surface area (Å²) < 4.78 is 0. The van der Waals surface area contributed by atoms with Crippen LogP contribution < -0.4 is 10.6 Å². The van der Waals surface area contributed by atoms with Gasteiger partial charge in [-0.2, -0.15) is 5.10 Å². The highest BCUT2D eigenvalue weighted by Crippen LogP contribution is 2.29. The van der Waals surface area contributed by atoms with Crippen molar-refractivity contribution in [3.63, 3.8) is 0 Å². The molecule has 1 aliphatic rings. The highest BCUT2D eigenvalue weighted by Gasteiger charge is 2.27. The molecule has 3 N–H and O–H groups in total. The van der Waals surface area contributed by atoms with Gasteiger partial charge in [-0.15, -0.1) is 5.10 Å². The van der Waals surface area contributed by atoms with E-state index in [0.29, 0.717) is 5.92 Å². The van der Waals surface area contributed by atoms with Crippen LogP contribution in [-0.4, -0.2) is 34.3 Å². The Kier molecular flexibility index (Phi) is 4.98. The fourth-order valence-electron chi connectivity index (χ4n) is 3.06. The molecule has 6 nitrogen and oxygen atoms in total. The number of aryl methyl sites for hydroxylation is 1. The molecule has 21 heavy (non-hydrogen) atoms. The van der Waals surface area contributed by atoms with Gasteiger partial charge >= 0.3 is 0 Å². The first-order valence-corrected chi connectivity index (χ1v) is 7.77. The van der Waals surface area contributed by atoms with Crippen LogP contribution in [0.15, 0.2) is 5.16 Å². The van der Waals surface area contributed by atoms with Gasteiger partial charge < -0.3 is 15.8 Å². The predicted molar refractivity (Wildman–Crippen MR) is 83.9 cm³/mol. The molecule has 0 aliphatic carbocycles. The zero-order chi connectivity index (χ0) is 15.4. The summed E-state index contributed by atoms with van der Waals surface area (Å²) in [6.45, 7) is 8.23. The molecule has 1 aromatic heterocycles. The zero-order valence-corrected chi connectivity index (χ0v) is 13.1. The van der Waals surface area contributed by atoms with E-state index < -0.39 is 0 Å². The third kappa shape index (κ3) is 2.94. The van der Waals surface area contributed by atoms with Crippen molar-refractivity contribution in [3.05, 3.63) is 16.8 Å². The van der Waals surface area contributed by atoms with Crippen LogP contribution in [0.5, 0.6) is 0 Å². The summed E-state index contributed by atoms with van der Waals surface area (Å²) >= 11 is 0. The van der Waals surface area contributed by atoms with E-state index in [-0.39, 0.29) is 5.84 Å². The van der Waals surface area contributed by atoms with Crippen molar-refractivity contribution < 1.29 is 5.21 Å². The number of rotatable bonds is 5. The van der Waals surface area contributed by atoms with Crippen LogP contribution in [0.3, 0.4) is 0 Å². The van der Waals surface area contributed by atoms with Crippen molar-refractivity contribution in [1.29, 1.82) is 0 Å². The number of oxime groups is 1. The zero-order valence-electron chi connectivity index (χ0n) is 13.1. The second-order valence-corrected chi connectivity index (χ2v) is 5.53. The number of hydrogen-bond donors (Lipinski definition) is 2. The van der Waals surface area contributed by atoms with Gasteiger partial charge in [-0.05, 0) is 30.7 Å². The molecule has 1 saturated heterocycles. The molecule has 0 spiro atoms. The third-order valence-electron chi connectivity index (χ3n) is 4.35. The molecule has 1 aromatic rings. The first kappa shape index (κ1) is 15.5. The van der Waals surface area contributed by atoms with Crippen LogP contribution in [0.25, 0.3) is 0 Å². The van der Waals surface area contributed by atoms with Crippen LogP contribution in [0, 0.1) is 5.92 Å². The molecular formula is C15H25N5O. The van der Waals surface area contributed by atoms with Gasteiger partial charge in [-0.3, -0.25) is 0 Å². The maximum absolute atomic E-state index is 9.13. The summed E-state index contributed by atoms with van der Waals surface area (Å²) in [6.07, 6.45) is 3.91. The molecule has 2 heterocycles. The van der Waals surface area contributed by atoms with E-state index in [4.69, 9.17) is 10.9 Å². The van der Waals surface area contributed by atoms with E-state index >= 15 is 0 Å². The number of nitrogens with two attached hydrogens (primary N) is 1. The quantitative estimate of drug-likeness (QED) is 0.374. The Balaban J connectivity index is 2.50. The molecule has 0 aromatic carbocycles. The molecule has 0 radical (unpaired) electrons. The van der Waals surface area contributed by atoms with E-state index in [0.717, 1.165) is 61.4 Å². The molecule has 0 saturated carbocycles. The Bertz CT molecular complexity index is 529. The van der Waals surface area contributed by atoms with Crippen molar-refractivity contribution in [2.75, 3.05) is 18.0 Å². The van der Waals surface area contributed by atoms with Gasteiger partial charge in [0.1, 0.15) is 0 Å². The minimum absolute atomic E-state index is 0.131. The van der Waals surface area contributed by atoms with Crippen molar-refractivity contribution in [1.82, 2.24) is 10.2 Å². The fraction of sp³-hybridized carbons (Fsp3) is 0.667.